The molecule has 0 bridgehead atoms. The van der Waals surface area contributed by atoms with Gasteiger partial charge in [-0.2, -0.15) is 5.11 Å². The second-order valence-electron chi connectivity index (χ2n) is 10.3. The molecule has 1 saturated heterocycles. The molecule has 0 aliphatic carbocycles. The van der Waals surface area contributed by atoms with Crippen LogP contribution in [0, 0.1) is 0 Å². The summed E-state index contributed by atoms with van der Waals surface area (Å²) in [5.74, 6) is 1.19. The number of likely N-dealkylation sites (N-methyl/N-ethyl adjacent to an activating group) is 1. The molecule has 1 aliphatic heterocycles. The Morgan fingerprint density at radius 2 is 1.76 bits per heavy atom. The zero-order valence-electron chi connectivity index (χ0n) is 25.7. The SMILES string of the molecule is C=C(C)N(N=NCC(=O)Nc1cc(C(=O)N2CCN(C)CC2)ccc1O[C@@H](CC)CCC)c1cc(OC)ccc1OC. The second-order valence-corrected chi connectivity index (χ2v) is 10.3. The maximum atomic E-state index is 13.3. The predicted octanol–water partition coefficient (Wildman–Crippen LogP) is 5.39. The molecule has 3 rings (SSSR count). The number of hydrogen-bond donors (Lipinski definition) is 1. The number of amides is 2. The average Bonchev–Trinajstić information content (AvgIpc) is 2.99. The number of ether oxygens (including phenoxy) is 3. The molecular formula is C31H44N6O5. The van der Waals surface area contributed by atoms with Crippen LogP contribution in [0.2, 0.25) is 0 Å². The predicted molar refractivity (Wildman–Crippen MR) is 165 cm³/mol. The quantitative estimate of drug-likeness (QED) is 0.236. The molecule has 0 unspecified atom stereocenters. The summed E-state index contributed by atoms with van der Waals surface area (Å²) in [5.41, 5.74) is 2.06. The molecule has 1 aliphatic rings. The van der Waals surface area contributed by atoms with E-state index >= 15 is 0 Å². The van der Waals surface area contributed by atoms with E-state index < -0.39 is 5.91 Å². The molecule has 1 N–H and O–H groups in total. The minimum atomic E-state index is -0.407. The summed E-state index contributed by atoms with van der Waals surface area (Å²) in [6, 6.07) is 10.5. The van der Waals surface area contributed by atoms with Gasteiger partial charge in [0.05, 0.1) is 26.0 Å². The van der Waals surface area contributed by atoms with E-state index in [1.54, 1.807) is 57.5 Å². The van der Waals surface area contributed by atoms with Crippen LogP contribution in [0.3, 0.4) is 0 Å². The summed E-state index contributed by atoms with van der Waals surface area (Å²) in [4.78, 5) is 30.4. The molecule has 0 saturated carbocycles. The minimum Gasteiger partial charge on any atom is -0.497 e. The molecule has 1 fully saturated rings. The van der Waals surface area contributed by atoms with Crippen molar-refractivity contribution in [2.24, 2.45) is 10.3 Å². The smallest absolute Gasteiger partial charge is 0.254 e. The second kappa shape index (κ2) is 15.8. The number of carbonyl (C=O) groups is 2. The van der Waals surface area contributed by atoms with E-state index in [1.807, 2.05) is 11.9 Å². The minimum absolute atomic E-state index is 0.00788. The fraction of sp³-hybridized carbons (Fsp3) is 0.484. The van der Waals surface area contributed by atoms with Crippen molar-refractivity contribution in [1.29, 1.82) is 0 Å². The fourth-order valence-corrected chi connectivity index (χ4v) is 4.54. The van der Waals surface area contributed by atoms with Crippen molar-refractivity contribution in [1.82, 2.24) is 9.80 Å². The normalized spacial score (nSPS) is 14.4. The molecule has 11 nitrogen and oxygen atoms in total. The molecule has 2 aromatic carbocycles. The molecular weight excluding hydrogens is 536 g/mol. The molecule has 0 aromatic heterocycles. The molecule has 42 heavy (non-hydrogen) atoms. The van der Waals surface area contributed by atoms with Gasteiger partial charge in [0.1, 0.15) is 29.5 Å². The maximum absolute atomic E-state index is 13.3. The Bertz CT molecular complexity index is 1260. The first kappa shape index (κ1) is 32.4. The lowest BCUT2D eigenvalue weighted by Crippen LogP contribution is -2.47. The Labute approximate surface area is 249 Å². The van der Waals surface area contributed by atoms with Crippen LogP contribution in [-0.2, 0) is 4.79 Å². The number of rotatable bonds is 14. The number of allylic oxidation sites excluding steroid dienone is 1. The van der Waals surface area contributed by atoms with E-state index in [1.165, 1.54) is 5.01 Å². The van der Waals surface area contributed by atoms with Crippen molar-refractivity contribution in [2.75, 3.05) is 64.3 Å². The average molecular weight is 581 g/mol. The molecule has 0 spiro atoms. The molecule has 2 amide bonds. The Morgan fingerprint density at radius 3 is 2.38 bits per heavy atom. The number of benzene rings is 2. The van der Waals surface area contributed by atoms with Crippen molar-refractivity contribution in [3.63, 3.8) is 0 Å². The Kier molecular flexibility index (Phi) is 12.2. The van der Waals surface area contributed by atoms with Crippen molar-refractivity contribution < 1.29 is 23.8 Å². The number of piperazine rings is 1. The highest BCUT2D eigenvalue weighted by Gasteiger charge is 2.22. The summed E-state index contributed by atoms with van der Waals surface area (Å²) in [7, 11) is 5.17. The molecule has 1 atom stereocenters. The van der Waals surface area contributed by atoms with Crippen LogP contribution in [0.4, 0.5) is 11.4 Å². The molecule has 0 radical (unpaired) electrons. The first-order chi connectivity index (χ1) is 20.2. The Morgan fingerprint density at radius 1 is 1.05 bits per heavy atom. The van der Waals surface area contributed by atoms with Gasteiger partial charge in [-0.15, -0.1) is 0 Å². The van der Waals surface area contributed by atoms with Gasteiger partial charge in [0.25, 0.3) is 5.91 Å². The van der Waals surface area contributed by atoms with Gasteiger partial charge in [-0.05, 0) is 57.1 Å². The van der Waals surface area contributed by atoms with Gasteiger partial charge in [-0.3, -0.25) is 9.59 Å². The van der Waals surface area contributed by atoms with Crippen molar-refractivity contribution in [3.05, 3.63) is 54.2 Å². The van der Waals surface area contributed by atoms with E-state index in [-0.39, 0.29) is 18.6 Å². The fourth-order valence-electron chi connectivity index (χ4n) is 4.54. The van der Waals surface area contributed by atoms with Crippen molar-refractivity contribution >= 4 is 23.2 Å². The first-order valence-electron chi connectivity index (χ1n) is 14.3. The topological polar surface area (TPSA) is 108 Å². The van der Waals surface area contributed by atoms with Crippen LogP contribution < -0.4 is 24.5 Å². The van der Waals surface area contributed by atoms with Crippen LogP contribution in [0.1, 0.15) is 50.4 Å². The zero-order valence-corrected chi connectivity index (χ0v) is 25.7. The lowest BCUT2D eigenvalue weighted by atomic mass is 10.1. The van der Waals surface area contributed by atoms with Gasteiger partial charge in [0, 0.05) is 43.5 Å². The van der Waals surface area contributed by atoms with Gasteiger partial charge in [-0.25, -0.2) is 5.01 Å². The number of carbonyl (C=O) groups excluding carboxylic acids is 2. The molecule has 2 aromatic rings. The van der Waals surface area contributed by atoms with Crippen LogP contribution in [0.25, 0.3) is 0 Å². The third kappa shape index (κ3) is 8.69. The molecule has 228 valence electrons. The number of anilines is 2. The van der Waals surface area contributed by atoms with E-state index in [4.69, 9.17) is 14.2 Å². The summed E-state index contributed by atoms with van der Waals surface area (Å²) < 4.78 is 17.1. The third-order valence-electron chi connectivity index (χ3n) is 6.99. The summed E-state index contributed by atoms with van der Waals surface area (Å²) in [6.07, 6.45) is 2.66. The number of methoxy groups -OCH3 is 2. The van der Waals surface area contributed by atoms with E-state index in [0.717, 1.165) is 32.4 Å². The highest BCUT2D eigenvalue weighted by atomic mass is 16.5. The first-order valence-corrected chi connectivity index (χ1v) is 14.3. The number of nitrogens with zero attached hydrogens (tertiary/aromatic N) is 5. The standard InChI is InChI=1S/C31H44N6O5/c1-8-10-24(9-2)42-28-13-11-23(31(39)36-17-15-35(5)16-18-36)19-26(28)33-30(38)21-32-34-37(22(3)4)27-20-25(40-6)12-14-29(27)41-7/h11-14,19-20,24H,3,8-10,15-18,21H2,1-2,4-7H3,(H,33,38)/t24-/m0/s1. The Hall–Kier alpha value is -4.12. The van der Waals surface area contributed by atoms with Crippen LogP contribution in [-0.4, -0.2) is 81.7 Å². The summed E-state index contributed by atoms with van der Waals surface area (Å²) >= 11 is 0. The lowest BCUT2D eigenvalue weighted by Gasteiger charge is -2.32. The highest BCUT2D eigenvalue weighted by molar-refractivity contribution is 5.99. The van der Waals surface area contributed by atoms with Gasteiger partial charge >= 0.3 is 0 Å². The van der Waals surface area contributed by atoms with Crippen molar-refractivity contribution in [3.8, 4) is 17.2 Å². The zero-order chi connectivity index (χ0) is 30.6. The third-order valence-corrected chi connectivity index (χ3v) is 6.99. The Balaban J connectivity index is 1.81. The molecule has 1 heterocycles. The summed E-state index contributed by atoms with van der Waals surface area (Å²) in [5, 5.41) is 12.7. The van der Waals surface area contributed by atoms with E-state index in [0.29, 0.717) is 53.0 Å². The van der Waals surface area contributed by atoms with Gasteiger partial charge < -0.3 is 29.3 Å². The van der Waals surface area contributed by atoms with Crippen molar-refractivity contribution in [2.45, 2.75) is 46.1 Å². The maximum Gasteiger partial charge on any atom is 0.254 e. The van der Waals surface area contributed by atoms with Crippen LogP contribution in [0.15, 0.2) is 59.0 Å². The van der Waals surface area contributed by atoms with Gasteiger partial charge in [-0.1, -0.05) is 32.1 Å². The monoisotopic (exact) mass is 580 g/mol. The van der Waals surface area contributed by atoms with Gasteiger partial charge in [0.15, 0.2) is 0 Å². The number of hydrogen-bond acceptors (Lipinski definition) is 8. The van der Waals surface area contributed by atoms with E-state index in [2.05, 4.69) is 41.0 Å². The summed E-state index contributed by atoms with van der Waals surface area (Å²) in [6.45, 7) is 12.6. The van der Waals surface area contributed by atoms with E-state index in [9.17, 15) is 9.59 Å². The molecule has 11 heteroatoms. The van der Waals surface area contributed by atoms with Crippen LogP contribution >= 0.6 is 0 Å². The van der Waals surface area contributed by atoms with Gasteiger partial charge in [0.2, 0.25) is 5.91 Å². The van der Waals surface area contributed by atoms with Crippen LogP contribution in [0.5, 0.6) is 17.2 Å². The highest BCUT2D eigenvalue weighted by Crippen LogP contribution is 2.34. The lowest BCUT2D eigenvalue weighted by molar-refractivity contribution is -0.115. The largest absolute Gasteiger partial charge is 0.497 e. The number of nitrogens with one attached hydrogen (secondary N) is 1.